The van der Waals surface area contributed by atoms with E-state index < -0.39 is 11.2 Å². The smallest absolute Gasteiger partial charge is 0.307 e. The summed E-state index contributed by atoms with van der Waals surface area (Å²) >= 11 is 2.80. The first-order valence-corrected chi connectivity index (χ1v) is 10.9. The molecule has 2 aromatic carbocycles. The molecule has 30 heavy (non-hydrogen) atoms. The Balaban J connectivity index is 1.28. The highest BCUT2D eigenvalue weighted by atomic mass is 32.2. The predicted molar refractivity (Wildman–Crippen MR) is 118 cm³/mol. The molecule has 1 aliphatic heterocycles. The Hall–Kier alpha value is -3.04. The molecule has 0 radical (unpaired) electrons. The molecule has 0 fully saturated rings. The Morgan fingerprint density at radius 3 is 2.80 bits per heavy atom. The molecule has 2 heterocycles. The van der Waals surface area contributed by atoms with Gasteiger partial charge in [-0.2, -0.15) is 0 Å². The molecular weight excluding hydrogens is 422 g/mol. The minimum atomic E-state index is -0.505. The van der Waals surface area contributed by atoms with Crippen LogP contribution in [-0.2, 0) is 20.9 Å². The van der Waals surface area contributed by atoms with Crippen LogP contribution in [0.1, 0.15) is 12.1 Å². The average molecular weight is 442 g/mol. The van der Waals surface area contributed by atoms with Crippen LogP contribution in [0.5, 0.6) is 5.75 Å². The Labute approximate surface area is 181 Å². The number of esters is 1. The molecule has 0 saturated heterocycles. The number of nitrogens with zero attached hydrogens (tertiary/aromatic N) is 1. The highest BCUT2D eigenvalue weighted by Gasteiger charge is 2.29. The van der Waals surface area contributed by atoms with Crippen LogP contribution in [0.15, 0.2) is 58.8 Å². The fourth-order valence-corrected chi connectivity index (χ4v) is 4.63. The number of fused-ring (bicyclic) bond motifs is 1. The van der Waals surface area contributed by atoms with E-state index in [9.17, 15) is 9.59 Å². The lowest BCUT2D eigenvalue weighted by Crippen LogP contribution is -2.31. The van der Waals surface area contributed by atoms with Crippen molar-refractivity contribution in [1.29, 1.82) is 0 Å². The number of rotatable bonds is 7. The number of anilines is 3. The summed E-state index contributed by atoms with van der Waals surface area (Å²) in [4.78, 5) is 29.8. The van der Waals surface area contributed by atoms with E-state index in [2.05, 4.69) is 15.6 Å². The van der Waals surface area contributed by atoms with Gasteiger partial charge in [-0.1, -0.05) is 12.1 Å². The number of carbonyl (C=O) groups excluding carboxylic acids is 2. The molecule has 3 aromatic rings. The van der Waals surface area contributed by atoms with Crippen molar-refractivity contribution < 1.29 is 19.1 Å². The maximum absolute atomic E-state index is 12.2. The van der Waals surface area contributed by atoms with Crippen molar-refractivity contribution in [2.24, 2.45) is 0 Å². The van der Waals surface area contributed by atoms with Gasteiger partial charge in [0, 0.05) is 16.0 Å². The first-order chi connectivity index (χ1) is 14.6. The molecule has 1 atom stereocenters. The van der Waals surface area contributed by atoms with E-state index in [1.54, 1.807) is 7.11 Å². The summed E-state index contributed by atoms with van der Waals surface area (Å²) in [6.45, 7) is 0.0647. The Kier molecular flexibility index (Phi) is 6.20. The number of amides is 1. The first-order valence-electron chi connectivity index (χ1n) is 9.18. The second-order valence-electron chi connectivity index (χ2n) is 6.45. The van der Waals surface area contributed by atoms with E-state index in [1.807, 2.05) is 53.9 Å². The number of benzene rings is 2. The third-order valence-corrected chi connectivity index (χ3v) is 6.41. The number of methoxy groups -OCH3 is 1. The molecule has 0 aliphatic carbocycles. The van der Waals surface area contributed by atoms with Crippen LogP contribution in [-0.4, -0.2) is 29.2 Å². The van der Waals surface area contributed by atoms with Crippen LogP contribution < -0.4 is 15.4 Å². The van der Waals surface area contributed by atoms with Gasteiger partial charge >= 0.3 is 5.97 Å². The molecule has 1 aliphatic rings. The first kappa shape index (κ1) is 20.2. The van der Waals surface area contributed by atoms with Gasteiger partial charge in [-0.3, -0.25) is 9.59 Å². The predicted octanol–water partition coefficient (Wildman–Crippen LogP) is 4.44. The van der Waals surface area contributed by atoms with Crippen LogP contribution in [0.2, 0.25) is 0 Å². The minimum absolute atomic E-state index is 0.00588. The molecule has 4 rings (SSSR count). The number of hydrogen-bond donors (Lipinski definition) is 2. The zero-order valence-electron chi connectivity index (χ0n) is 16.1. The number of hydrogen-bond acceptors (Lipinski definition) is 8. The van der Waals surface area contributed by atoms with Crippen LogP contribution in [0.4, 0.5) is 16.5 Å². The van der Waals surface area contributed by atoms with Gasteiger partial charge in [-0.05, 0) is 36.4 Å². The van der Waals surface area contributed by atoms with Gasteiger partial charge in [0.15, 0.2) is 5.13 Å². The molecule has 1 unspecified atom stereocenters. The van der Waals surface area contributed by atoms with Crippen molar-refractivity contribution >= 4 is 51.5 Å². The van der Waals surface area contributed by atoms with Crippen molar-refractivity contribution in [3.05, 3.63) is 59.6 Å². The van der Waals surface area contributed by atoms with E-state index in [-0.39, 0.29) is 18.9 Å². The molecule has 1 amide bonds. The summed E-state index contributed by atoms with van der Waals surface area (Å²) < 4.78 is 10.5. The van der Waals surface area contributed by atoms with Crippen LogP contribution in [0.3, 0.4) is 0 Å². The van der Waals surface area contributed by atoms with E-state index in [0.29, 0.717) is 10.8 Å². The molecule has 9 heteroatoms. The lowest BCUT2D eigenvalue weighted by atomic mass is 10.2. The van der Waals surface area contributed by atoms with Gasteiger partial charge in [0.05, 0.1) is 30.2 Å². The number of aromatic nitrogens is 1. The normalized spacial score (nSPS) is 15.1. The Morgan fingerprint density at radius 2 is 2.00 bits per heavy atom. The molecule has 0 saturated carbocycles. The lowest BCUT2D eigenvalue weighted by molar-refractivity contribution is -0.145. The lowest BCUT2D eigenvalue weighted by Gasteiger charge is -2.23. The van der Waals surface area contributed by atoms with Crippen molar-refractivity contribution in [3.8, 4) is 5.75 Å². The van der Waals surface area contributed by atoms with Gasteiger partial charge < -0.3 is 20.1 Å². The fourth-order valence-electron chi connectivity index (χ4n) is 2.82. The largest absolute Gasteiger partial charge is 0.497 e. The Morgan fingerprint density at radius 1 is 1.20 bits per heavy atom. The number of nitrogens with one attached hydrogen (secondary N) is 2. The van der Waals surface area contributed by atoms with Crippen molar-refractivity contribution in [2.45, 2.75) is 23.2 Å². The molecule has 0 spiro atoms. The minimum Gasteiger partial charge on any atom is -0.497 e. The fraction of sp³-hybridized carbons (Fsp3) is 0.190. The maximum Gasteiger partial charge on any atom is 0.307 e. The van der Waals surface area contributed by atoms with Crippen molar-refractivity contribution in [3.63, 3.8) is 0 Å². The summed E-state index contributed by atoms with van der Waals surface area (Å²) in [5.74, 6) is 0.163. The summed E-state index contributed by atoms with van der Waals surface area (Å²) in [5, 5.41) is 8.05. The number of ether oxygens (including phenoxy) is 2. The second kappa shape index (κ2) is 9.19. The van der Waals surface area contributed by atoms with Gasteiger partial charge in [0.2, 0.25) is 5.91 Å². The zero-order valence-corrected chi connectivity index (χ0v) is 17.7. The van der Waals surface area contributed by atoms with E-state index in [1.165, 1.54) is 23.1 Å². The summed E-state index contributed by atoms with van der Waals surface area (Å²) in [6, 6.07) is 15.0. The van der Waals surface area contributed by atoms with Crippen molar-refractivity contribution in [1.82, 2.24) is 4.98 Å². The summed E-state index contributed by atoms with van der Waals surface area (Å²) in [7, 11) is 1.62. The average Bonchev–Trinajstić information content (AvgIpc) is 3.21. The number of carbonyl (C=O) groups is 2. The number of para-hydroxylation sites is 1. The van der Waals surface area contributed by atoms with Gasteiger partial charge in [0.25, 0.3) is 0 Å². The van der Waals surface area contributed by atoms with Crippen LogP contribution in [0.25, 0.3) is 0 Å². The molecule has 7 nitrogen and oxygen atoms in total. The summed E-state index contributed by atoms with van der Waals surface area (Å²) in [6.07, 6.45) is 0.00588. The zero-order chi connectivity index (χ0) is 20.9. The number of thioether (sulfide) groups is 1. The third-order valence-electron chi connectivity index (χ3n) is 4.33. The van der Waals surface area contributed by atoms with Gasteiger partial charge in [-0.25, -0.2) is 4.98 Å². The quantitative estimate of drug-likeness (QED) is 0.524. The molecule has 2 N–H and O–H groups in total. The highest BCUT2D eigenvalue weighted by Crippen LogP contribution is 2.36. The third kappa shape index (κ3) is 4.92. The van der Waals surface area contributed by atoms with E-state index in [4.69, 9.17) is 9.47 Å². The molecule has 0 bridgehead atoms. The maximum atomic E-state index is 12.2. The monoisotopic (exact) mass is 441 g/mol. The van der Waals surface area contributed by atoms with Gasteiger partial charge in [-0.15, -0.1) is 23.1 Å². The standard InChI is InChI=1S/C21H19N3O4S2/c1-27-15-8-6-13(7-9-15)22-21-23-14(12-29-21)11-28-19(25)10-18-20(26)24-16-4-2-3-5-17(16)30-18/h2-9,12,18H,10-11H2,1H3,(H,22,23)(H,24,26). The molecule has 154 valence electrons. The van der Waals surface area contributed by atoms with Crippen LogP contribution in [0, 0.1) is 0 Å². The SMILES string of the molecule is COc1ccc(Nc2nc(COC(=O)CC3Sc4ccccc4NC3=O)cs2)cc1. The topological polar surface area (TPSA) is 89.5 Å². The summed E-state index contributed by atoms with van der Waals surface area (Å²) in [5.41, 5.74) is 2.31. The molecular formula is C21H19N3O4S2. The Bertz CT molecular complexity index is 1050. The van der Waals surface area contributed by atoms with Gasteiger partial charge in [0.1, 0.15) is 12.4 Å². The van der Waals surface area contributed by atoms with E-state index in [0.717, 1.165) is 22.0 Å². The highest BCUT2D eigenvalue weighted by molar-refractivity contribution is 8.01. The molecule has 1 aromatic heterocycles. The second-order valence-corrected chi connectivity index (χ2v) is 8.56. The van der Waals surface area contributed by atoms with E-state index >= 15 is 0 Å². The number of thiazole rings is 1. The van der Waals surface area contributed by atoms with Crippen LogP contribution >= 0.6 is 23.1 Å². The van der Waals surface area contributed by atoms with Crippen molar-refractivity contribution in [2.75, 3.05) is 17.7 Å².